The van der Waals surface area contributed by atoms with E-state index < -0.39 is 5.97 Å². The Morgan fingerprint density at radius 1 is 1.47 bits per heavy atom. The molecule has 4 nitrogen and oxygen atoms in total. The van der Waals surface area contributed by atoms with Gasteiger partial charge in [0, 0.05) is 29.4 Å². The van der Waals surface area contributed by atoms with Gasteiger partial charge in [0.2, 0.25) is 0 Å². The molecule has 1 aliphatic heterocycles. The van der Waals surface area contributed by atoms with Crippen molar-refractivity contribution < 1.29 is 9.90 Å². The topological polar surface area (TPSA) is 52.6 Å². The highest BCUT2D eigenvalue weighted by molar-refractivity contribution is 7.10. The Hall–Kier alpha value is -0.910. The highest BCUT2D eigenvalue weighted by atomic mass is 32.1. The number of hydrogen-bond donors (Lipinski definition) is 2. The minimum Gasteiger partial charge on any atom is -0.478 e. The molecule has 1 aromatic heterocycles. The fourth-order valence-corrected chi connectivity index (χ4v) is 3.61. The number of nitrogens with one attached hydrogen (secondary N) is 1. The molecular formula is C14H20N2O2S. The van der Waals surface area contributed by atoms with Gasteiger partial charge < -0.3 is 15.3 Å². The maximum atomic E-state index is 10.8. The van der Waals surface area contributed by atoms with E-state index in [9.17, 15) is 4.79 Å². The Labute approximate surface area is 117 Å². The zero-order valence-electron chi connectivity index (χ0n) is 11.0. The van der Waals surface area contributed by atoms with Gasteiger partial charge in [-0.1, -0.05) is 0 Å². The number of carboxylic acid groups (broad SMARTS) is 1. The molecule has 1 unspecified atom stereocenters. The molecule has 0 amide bonds. The minimum absolute atomic E-state index is 0.405. The normalized spacial score (nSPS) is 23.9. The number of nitrogens with zero attached hydrogens (tertiary/aromatic N) is 1. The highest BCUT2D eigenvalue weighted by Crippen LogP contribution is 2.31. The number of thiophene rings is 1. The summed E-state index contributed by atoms with van der Waals surface area (Å²) in [6.07, 6.45) is 4.09. The summed E-state index contributed by atoms with van der Waals surface area (Å²) in [5.74, 6) is -0.0714. The van der Waals surface area contributed by atoms with Crippen LogP contribution in [0.1, 0.15) is 34.5 Å². The monoisotopic (exact) mass is 280 g/mol. The van der Waals surface area contributed by atoms with E-state index in [-0.39, 0.29) is 0 Å². The summed E-state index contributed by atoms with van der Waals surface area (Å²) in [6.45, 7) is 4.34. The summed E-state index contributed by atoms with van der Waals surface area (Å²) < 4.78 is 0. The van der Waals surface area contributed by atoms with Crippen LogP contribution in [-0.4, -0.2) is 41.7 Å². The van der Waals surface area contributed by atoms with Crippen molar-refractivity contribution in [2.45, 2.75) is 31.8 Å². The third-order valence-electron chi connectivity index (χ3n) is 4.01. The molecule has 1 saturated heterocycles. The maximum Gasteiger partial charge on any atom is 0.336 e. The quantitative estimate of drug-likeness (QED) is 0.837. The van der Waals surface area contributed by atoms with Gasteiger partial charge in [0.15, 0.2) is 0 Å². The Morgan fingerprint density at radius 2 is 2.32 bits per heavy atom. The Bertz CT molecular complexity index is 456. The van der Waals surface area contributed by atoms with Crippen LogP contribution < -0.4 is 5.32 Å². The Balaban J connectivity index is 1.39. The fraction of sp³-hybridized carbons (Fsp3) is 0.643. The molecule has 0 radical (unpaired) electrons. The van der Waals surface area contributed by atoms with Crippen LogP contribution in [0, 0.1) is 5.92 Å². The van der Waals surface area contributed by atoms with E-state index >= 15 is 0 Å². The molecule has 0 bridgehead atoms. The van der Waals surface area contributed by atoms with Gasteiger partial charge in [-0.25, -0.2) is 4.79 Å². The lowest BCUT2D eigenvalue weighted by molar-refractivity contribution is 0.0697. The van der Waals surface area contributed by atoms with Gasteiger partial charge in [0.1, 0.15) is 0 Å². The summed E-state index contributed by atoms with van der Waals surface area (Å²) in [5, 5.41) is 14.0. The Morgan fingerprint density at radius 3 is 3.00 bits per heavy atom. The van der Waals surface area contributed by atoms with E-state index in [1.54, 1.807) is 11.4 Å². The lowest BCUT2D eigenvalue weighted by Crippen LogP contribution is -2.27. The van der Waals surface area contributed by atoms with Crippen molar-refractivity contribution in [2.75, 3.05) is 19.6 Å². The van der Waals surface area contributed by atoms with Crippen molar-refractivity contribution in [1.29, 1.82) is 0 Å². The van der Waals surface area contributed by atoms with Crippen LogP contribution in [0.5, 0.6) is 0 Å². The summed E-state index contributed by atoms with van der Waals surface area (Å²) in [4.78, 5) is 14.5. The molecule has 2 fully saturated rings. The first-order chi connectivity index (χ1) is 9.22. The third-order valence-corrected chi connectivity index (χ3v) is 4.95. The molecule has 0 spiro atoms. The summed E-state index contributed by atoms with van der Waals surface area (Å²) in [5.41, 5.74) is 0.405. The van der Waals surface area contributed by atoms with Crippen LogP contribution in [-0.2, 0) is 6.54 Å². The van der Waals surface area contributed by atoms with Gasteiger partial charge in [-0.15, -0.1) is 11.3 Å². The molecule has 2 N–H and O–H groups in total. The standard InChI is InChI=1S/C14H20N2O2S/c17-14(18)11-5-13(19-9-11)7-15-6-10-3-4-16(8-10)12-1-2-12/h5,9-10,12,15H,1-4,6-8H2,(H,17,18). The first-order valence-corrected chi connectivity index (χ1v) is 7.86. The van der Waals surface area contributed by atoms with Gasteiger partial charge in [-0.3, -0.25) is 0 Å². The summed E-state index contributed by atoms with van der Waals surface area (Å²) in [7, 11) is 0. The predicted octanol–water partition coefficient (Wildman–Crippen LogP) is 2.02. The van der Waals surface area contributed by atoms with E-state index in [1.807, 2.05) is 0 Å². The smallest absolute Gasteiger partial charge is 0.336 e. The van der Waals surface area contributed by atoms with Crippen molar-refractivity contribution in [3.63, 3.8) is 0 Å². The zero-order valence-corrected chi connectivity index (χ0v) is 11.8. The van der Waals surface area contributed by atoms with Crippen LogP contribution in [0.4, 0.5) is 0 Å². The third kappa shape index (κ3) is 3.35. The van der Waals surface area contributed by atoms with Gasteiger partial charge in [0.05, 0.1) is 5.56 Å². The molecule has 19 heavy (non-hydrogen) atoms. The van der Waals surface area contributed by atoms with Crippen LogP contribution in [0.25, 0.3) is 0 Å². The largest absolute Gasteiger partial charge is 0.478 e. The van der Waals surface area contributed by atoms with Crippen LogP contribution in [0.3, 0.4) is 0 Å². The number of carboxylic acids is 1. The molecule has 0 aromatic carbocycles. The van der Waals surface area contributed by atoms with Crippen molar-refractivity contribution in [2.24, 2.45) is 5.92 Å². The molecule has 104 valence electrons. The molecule has 1 saturated carbocycles. The second-order valence-electron chi connectivity index (χ2n) is 5.62. The van der Waals surface area contributed by atoms with Gasteiger partial charge >= 0.3 is 5.97 Å². The lowest BCUT2D eigenvalue weighted by atomic mass is 10.1. The van der Waals surface area contributed by atoms with E-state index in [1.165, 1.54) is 43.7 Å². The predicted molar refractivity (Wildman–Crippen MR) is 75.7 cm³/mol. The van der Waals surface area contributed by atoms with Gasteiger partial charge in [0.25, 0.3) is 0 Å². The number of rotatable bonds is 6. The van der Waals surface area contributed by atoms with Crippen molar-refractivity contribution >= 4 is 17.3 Å². The first-order valence-electron chi connectivity index (χ1n) is 6.98. The number of aromatic carboxylic acids is 1. The molecule has 1 aliphatic carbocycles. The van der Waals surface area contributed by atoms with Crippen LogP contribution in [0.2, 0.25) is 0 Å². The van der Waals surface area contributed by atoms with Crippen molar-refractivity contribution in [3.8, 4) is 0 Å². The van der Waals surface area contributed by atoms with Crippen LogP contribution >= 0.6 is 11.3 Å². The molecule has 3 rings (SSSR count). The second kappa shape index (κ2) is 5.61. The van der Waals surface area contributed by atoms with Gasteiger partial charge in [-0.05, 0) is 44.3 Å². The van der Waals surface area contributed by atoms with E-state index in [4.69, 9.17) is 5.11 Å². The van der Waals surface area contributed by atoms with Crippen molar-refractivity contribution in [3.05, 3.63) is 21.9 Å². The minimum atomic E-state index is -0.835. The number of hydrogen-bond acceptors (Lipinski definition) is 4. The molecule has 1 aromatic rings. The lowest BCUT2D eigenvalue weighted by Gasteiger charge is -2.14. The van der Waals surface area contributed by atoms with Crippen LogP contribution in [0.15, 0.2) is 11.4 Å². The van der Waals surface area contributed by atoms with Crippen molar-refractivity contribution in [1.82, 2.24) is 10.2 Å². The van der Waals surface area contributed by atoms with E-state index in [0.29, 0.717) is 5.56 Å². The molecule has 5 heteroatoms. The zero-order chi connectivity index (χ0) is 13.2. The number of likely N-dealkylation sites (tertiary alicyclic amines) is 1. The average Bonchev–Trinajstić information content (AvgIpc) is 2.94. The average molecular weight is 280 g/mol. The molecular weight excluding hydrogens is 260 g/mol. The molecule has 1 atom stereocenters. The van der Waals surface area contributed by atoms with E-state index in [0.717, 1.165) is 29.9 Å². The first kappa shape index (κ1) is 13.1. The SMILES string of the molecule is O=C(O)c1csc(CNCC2CCN(C3CC3)C2)c1. The Kier molecular flexibility index (Phi) is 3.86. The fourth-order valence-electron chi connectivity index (χ4n) is 2.79. The van der Waals surface area contributed by atoms with Gasteiger partial charge in [-0.2, -0.15) is 0 Å². The molecule has 2 heterocycles. The summed E-state index contributed by atoms with van der Waals surface area (Å²) >= 11 is 1.52. The molecule has 2 aliphatic rings. The summed E-state index contributed by atoms with van der Waals surface area (Å²) in [6, 6.07) is 2.66. The number of carbonyl (C=O) groups is 1. The van der Waals surface area contributed by atoms with E-state index in [2.05, 4.69) is 10.2 Å². The second-order valence-corrected chi connectivity index (χ2v) is 6.61. The highest BCUT2D eigenvalue weighted by Gasteiger charge is 2.33. The maximum absolute atomic E-state index is 10.8.